The van der Waals surface area contributed by atoms with E-state index in [0.717, 1.165) is 48.6 Å². The van der Waals surface area contributed by atoms with E-state index in [2.05, 4.69) is 48.1 Å². The molecule has 27 heavy (non-hydrogen) atoms. The van der Waals surface area contributed by atoms with Crippen LogP contribution in [0, 0.1) is 6.92 Å². The third-order valence-corrected chi connectivity index (χ3v) is 6.03. The van der Waals surface area contributed by atoms with Crippen LogP contribution in [0.1, 0.15) is 59.9 Å². The number of carbonyl (C=O) groups excluding carboxylic acids is 1. The van der Waals surface area contributed by atoms with Crippen molar-refractivity contribution < 1.29 is 4.79 Å². The molecular formula is C22H28N4O. The van der Waals surface area contributed by atoms with Gasteiger partial charge in [0.15, 0.2) is 0 Å². The standard InChI is InChI=1S/C22H28N4O/c1-15-6-8-17(9-7-15)16(2)22(27)26-12-10-19-18(14-26)13-23-21(24-19)20-5-4-11-25(20)3/h6-9,13,16,20H,4-5,10-12,14H2,1-3H3. The third-order valence-electron chi connectivity index (χ3n) is 6.03. The van der Waals surface area contributed by atoms with Crippen LogP contribution in [0.15, 0.2) is 30.5 Å². The average Bonchev–Trinajstić information content (AvgIpc) is 3.12. The minimum Gasteiger partial charge on any atom is -0.337 e. The number of fused-ring (bicyclic) bond motifs is 1. The zero-order valence-electron chi connectivity index (χ0n) is 16.5. The van der Waals surface area contributed by atoms with Crippen LogP contribution in [0.3, 0.4) is 0 Å². The van der Waals surface area contributed by atoms with E-state index in [0.29, 0.717) is 12.6 Å². The maximum absolute atomic E-state index is 13.0. The Morgan fingerprint density at radius 3 is 2.70 bits per heavy atom. The third kappa shape index (κ3) is 3.61. The molecule has 2 aliphatic heterocycles. The first-order valence-electron chi connectivity index (χ1n) is 9.93. The normalized spacial score (nSPS) is 21.1. The molecule has 1 aromatic heterocycles. The molecule has 1 aromatic carbocycles. The summed E-state index contributed by atoms with van der Waals surface area (Å²) in [6.07, 6.45) is 5.10. The van der Waals surface area contributed by atoms with E-state index < -0.39 is 0 Å². The van der Waals surface area contributed by atoms with Gasteiger partial charge in [-0.3, -0.25) is 9.69 Å². The van der Waals surface area contributed by atoms with Crippen LogP contribution < -0.4 is 0 Å². The van der Waals surface area contributed by atoms with Crippen molar-refractivity contribution in [3.05, 3.63) is 58.7 Å². The minimum absolute atomic E-state index is 0.125. The van der Waals surface area contributed by atoms with Gasteiger partial charge >= 0.3 is 0 Å². The number of amides is 1. The monoisotopic (exact) mass is 364 g/mol. The number of hydrogen-bond donors (Lipinski definition) is 0. The Bertz CT molecular complexity index is 833. The van der Waals surface area contributed by atoms with Gasteiger partial charge in [0.1, 0.15) is 5.82 Å². The molecule has 5 nitrogen and oxygen atoms in total. The Kier molecular flexibility index (Phi) is 4.96. The summed E-state index contributed by atoms with van der Waals surface area (Å²) in [6.45, 7) is 6.53. The SMILES string of the molecule is Cc1ccc(C(C)C(=O)N2CCc3nc(C4CCCN4C)ncc3C2)cc1. The molecule has 4 rings (SSSR count). The Morgan fingerprint density at radius 2 is 2.00 bits per heavy atom. The minimum atomic E-state index is -0.125. The van der Waals surface area contributed by atoms with Crippen molar-refractivity contribution in [2.24, 2.45) is 0 Å². The zero-order valence-corrected chi connectivity index (χ0v) is 16.5. The lowest BCUT2D eigenvalue weighted by molar-refractivity contribution is -0.133. The summed E-state index contributed by atoms with van der Waals surface area (Å²) in [5, 5.41) is 0. The van der Waals surface area contributed by atoms with E-state index in [1.54, 1.807) is 0 Å². The number of aryl methyl sites for hydroxylation is 1. The molecule has 5 heteroatoms. The molecule has 0 spiro atoms. The molecule has 0 N–H and O–H groups in total. The molecule has 1 amide bonds. The van der Waals surface area contributed by atoms with Crippen LogP contribution in [0.25, 0.3) is 0 Å². The predicted molar refractivity (Wildman–Crippen MR) is 105 cm³/mol. The van der Waals surface area contributed by atoms with E-state index in [4.69, 9.17) is 4.98 Å². The quantitative estimate of drug-likeness (QED) is 0.839. The largest absolute Gasteiger partial charge is 0.337 e. The van der Waals surface area contributed by atoms with Crippen LogP contribution in [-0.4, -0.2) is 45.8 Å². The molecule has 0 saturated carbocycles. The highest BCUT2D eigenvalue weighted by Crippen LogP contribution is 2.29. The Morgan fingerprint density at radius 1 is 1.22 bits per heavy atom. The molecule has 2 unspecified atom stereocenters. The van der Waals surface area contributed by atoms with Gasteiger partial charge in [0.2, 0.25) is 5.91 Å². The van der Waals surface area contributed by atoms with Gasteiger partial charge in [-0.2, -0.15) is 0 Å². The highest BCUT2D eigenvalue weighted by molar-refractivity contribution is 5.83. The van der Waals surface area contributed by atoms with Gasteiger partial charge in [-0.15, -0.1) is 0 Å². The van der Waals surface area contributed by atoms with E-state index in [9.17, 15) is 4.79 Å². The first-order valence-corrected chi connectivity index (χ1v) is 9.93. The number of benzene rings is 1. The molecule has 2 atom stereocenters. The molecular weight excluding hydrogens is 336 g/mol. The van der Waals surface area contributed by atoms with E-state index in [1.807, 2.05) is 18.0 Å². The molecule has 2 aromatic rings. The second-order valence-corrected chi connectivity index (χ2v) is 7.98. The van der Waals surface area contributed by atoms with Crippen LogP contribution in [0.4, 0.5) is 0 Å². The molecule has 0 aliphatic carbocycles. The van der Waals surface area contributed by atoms with Gasteiger partial charge in [0, 0.05) is 31.3 Å². The first-order chi connectivity index (χ1) is 13.0. The smallest absolute Gasteiger partial charge is 0.230 e. The van der Waals surface area contributed by atoms with Gasteiger partial charge in [-0.25, -0.2) is 9.97 Å². The number of rotatable bonds is 3. The molecule has 2 aliphatic rings. The molecule has 0 radical (unpaired) electrons. The molecule has 3 heterocycles. The molecule has 0 bridgehead atoms. The lowest BCUT2D eigenvalue weighted by Crippen LogP contribution is -2.39. The molecule has 142 valence electrons. The van der Waals surface area contributed by atoms with Crippen molar-refractivity contribution in [3.63, 3.8) is 0 Å². The molecule has 1 saturated heterocycles. The summed E-state index contributed by atoms with van der Waals surface area (Å²) in [4.78, 5) is 26.8. The van der Waals surface area contributed by atoms with Crippen molar-refractivity contribution in [1.82, 2.24) is 19.8 Å². The lowest BCUT2D eigenvalue weighted by Gasteiger charge is -2.31. The number of carbonyl (C=O) groups is 1. The summed E-state index contributed by atoms with van der Waals surface area (Å²) in [7, 11) is 2.15. The topological polar surface area (TPSA) is 49.3 Å². The van der Waals surface area contributed by atoms with Crippen LogP contribution in [0.5, 0.6) is 0 Å². The van der Waals surface area contributed by atoms with Gasteiger partial charge in [0.25, 0.3) is 0 Å². The fraction of sp³-hybridized carbons (Fsp3) is 0.500. The van der Waals surface area contributed by atoms with Gasteiger partial charge in [-0.1, -0.05) is 29.8 Å². The lowest BCUT2D eigenvalue weighted by atomic mass is 9.97. The fourth-order valence-electron chi connectivity index (χ4n) is 4.19. The summed E-state index contributed by atoms with van der Waals surface area (Å²) in [6, 6.07) is 8.60. The van der Waals surface area contributed by atoms with E-state index in [-0.39, 0.29) is 11.8 Å². The Labute approximate surface area is 161 Å². The van der Waals surface area contributed by atoms with Crippen molar-refractivity contribution in [2.75, 3.05) is 20.1 Å². The van der Waals surface area contributed by atoms with Crippen molar-refractivity contribution >= 4 is 5.91 Å². The average molecular weight is 364 g/mol. The van der Waals surface area contributed by atoms with Crippen molar-refractivity contribution in [1.29, 1.82) is 0 Å². The maximum atomic E-state index is 13.0. The van der Waals surface area contributed by atoms with Gasteiger partial charge < -0.3 is 4.90 Å². The van der Waals surface area contributed by atoms with Gasteiger partial charge in [-0.05, 0) is 45.8 Å². The maximum Gasteiger partial charge on any atom is 0.230 e. The first kappa shape index (κ1) is 18.1. The number of nitrogens with zero attached hydrogens (tertiary/aromatic N) is 4. The van der Waals surface area contributed by atoms with E-state index in [1.165, 1.54) is 12.0 Å². The van der Waals surface area contributed by atoms with Crippen molar-refractivity contribution in [2.45, 2.75) is 51.6 Å². The number of aromatic nitrogens is 2. The highest BCUT2D eigenvalue weighted by atomic mass is 16.2. The number of likely N-dealkylation sites (tertiary alicyclic amines) is 1. The van der Waals surface area contributed by atoms with Crippen molar-refractivity contribution in [3.8, 4) is 0 Å². The second kappa shape index (κ2) is 7.39. The molecule has 1 fully saturated rings. The predicted octanol–water partition coefficient (Wildman–Crippen LogP) is 3.24. The van der Waals surface area contributed by atoms with Crippen LogP contribution in [-0.2, 0) is 17.8 Å². The van der Waals surface area contributed by atoms with E-state index >= 15 is 0 Å². The summed E-state index contributed by atoms with van der Waals surface area (Å²) < 4.78 is 0. The Balaban J connectivity index is 1.48. The zero-order chi connectivity index (χ0) is 19.0. The van der Waals surface area contributed by atoms with Gasteiger partial charge in [0.05, 0.1) is 17.7 Å². The fourth-order valence-corrected chi connectivity index (χ4v) is 4.19. The Hall–Kier alpha value is -2.27. The number of hydrogen-bond acceptors (Lipinski definition) is 4. The van der Waals surface area contributed by atoms with Crippen LogP contribution >= 0.6 is 0 Å². The van der Waals surface area contributed by atoms with Crippen LogP contribution in [0.2, 0.25) is 0 Å². The summed E-state index contributed by atoms with van der Waals surface area (Å²) in [5.41, 5.74) is 4.50. The summed E-state index contributed by atoms with van der Waals surface area (Å²) in [5.74, 6) is 1.00. The highest BCUT2D eigenvalue weighted by Gasteiger charge is 2.29. The summed E-state index contributed by atoms with van der Waals surface area (Å²) >= 11 is 0. The second-order valence-electron chi connectivity index (χ2n) is 7.98.